The zero-order valence-electron chi connectivity index (χ0n) is 10.8. The molecule has 2 aromatic rings. The summed E-state index contributed by atoms with van der Waals surface area (Å²) in [6, 6.07) is 11.2. The number of esters is 1. The Bertz CT molecular complexity index is 650. The number of hydrogen-bond acceptors (Lipinski definition) is 4. The molecule has 0 spiro atoms. The molecule has 1 heterocycles. The molecule has 0 N–H and O–H groups in total. The van der Waals surface area contributed by atoms with Crippen LogP contribution in [0.4, 0.5) is 0 Å². The fourth-order valence-corrected chi connectivity index (χ4v) is 1.85. The van der Waals surface area contributed by atoms with Gasteiger partial charge in [-0.05, 0) is 30.7 Å². The second kappa shape index (κ2) is 5.40. The first kappa shape index (κ1) is 12.9. The van der Waals surface area contributed by atoms with Crippen molar-refractivity contribution in [2.45, 2.75) is 20.5 Å². The van der Waals surface area contributed by atoms with Crippen molar-refractivity contribution in [1.82, 2.24) is 0 Å². The Hall–Kier alpha value is -2.54. The van der Waals surface area contributed by atoms with Crippen LogP contribution >= 0.6 is 0 Å². The van der Waals surface area contributed by atoms with E-state index in [-0.39, 0.29) is 12.6 Å². The molecule has 1 aromatic heterocycles. The minimum absolute atomic E-state index is 0.100. The van der Waals surface area contributed by atoms with Crippen LogP contribution in [0.3, 0.4) is 0 Å². The highest BCUT2D eigenvalue weighted by molar-refractivity contribution is 5.70. The van der Waals surface area contributed by atoms with Gasteiger partial charge in [-0.2, -0.15) is 5.26 Å². The number of carbonyl (C=O) groups excluding carboxylic acids is 1. The van der Waals surface area contributed by atoms with E-state index in [9.17, 15) is 4.79 Å². The summed E-state index contributed by atoms with van der Waals surface area (Å²) in [5.41, 5.74) is 2.31. The zero-order chi connectivity index (χ0) is 13.8. The maximum Gasteiger partial charge on any atom is 0.303 e. The molecular formula is C15H13NO3. The van der Waals surface area contributed by atoms with Crippen molar-refractivity contribution in [3.63, 3.8) is 0 Å². The zero-order valence-corrected chi connectivity index (χ0v) is 10.8. The van der Waals surface area contributed by atoms with Crippen LogP contribution in [0.2, 0.25) is 0 Å². The molecule has 1 aromatic carbocycles. The van der Waals surface area contributed by atoms with Gasteiger partial charge in [-0.15, -0.1) is 0 Å². The molecule has 0 fully saturated rings. The normalized spacial score (nSPS) is 9.95. The van der Waals surface area contributed by atoms with Gasteiger partial charge in [-0.1, -0.05) is 12.1 Å². The quantitative estimate of drug-likeness (QED) is 0.790. The van der Waals surface area contributed by atoms with Crippen molar-refractivity contribution in [2.75, 3.05) is 0 Å². The van der Waals surface area contributed by atoms with E-state index in [0.29, 0.717) is 17.1 Å². The maximum absolute atomic E-state index is 10.7. The first-order valence-electron chi connectivity index (χ1n) is 5.84. The van der Waals surface area contributed by atoms with Gasteiger partial charge in [0.2, 0.25) is 0 Å². The number of carbonyl (C=O) groups is 1. The van der Waals surface area contributed by atoms with Gasteiger partial charge >= 0.3 is 5.97 Å². The number of rotatable bonds is 3. The summed E-state index contributed by atoms with van der Waals surface area (Å²) < 4.78 is 10.5. The van der Waals surface area contributed by atoms with Gasteiger partial charge in [-0.25, -0.2) is 0 Å². The van der Waals surface area contributed by atoms with Crippen molar-refractivity contribution in [2.24, 2.45) is 0 Å². The van der Waals surface area contributed by atoms with Crippen LogP contribution < -0.4 is 0 Å². The van der Waals surface area contributed by atoms with Crippen molar-refractivity contribution >= 4 is 5.97 Å². The maximum atomic E-state index is 10.7. The van der Waals surface area contributed by atoms with Gasteiger partial charge in [0.15, 0.2) is 0 Å². The van der Waals surface area contributed by atoms with E-state index in [1.165, 1.54) is 6.92 Å². The number of aryl methyl sites for hydroxylation is 1. The van der Waals surface area contributed by atoms with Gasteiger partial charge in [-0.3, -0.25) is 4.79 Å². The van der Waals surface area contributed by atoms with Crippen LogP contribution in [0.25, 0.3) is 11.3 Å². The molecule has 4 heteroatoms. The third-order valence-corrected chi connectivity index (χ3v) is 2.72. The molecule has 0 amide bonds. The van der Waals surface area contributed by atoms with Crippen molar-refractivity contribution in [3.05, 3.63) is 47.2 Å². The highest BCUT2D eigenvalue weighted by Crippen LogP contribution is 2.29. The average molecular weight is 255 g/mol. The molecule has 0 radical (unpaired) electrons. The van der Waals surface area contributed by atoms with E-state index in [1.807, 2.05) is 19.1 Å². The molecule has 4 nitrogen and oxygen atoms in total. The molecule has 0 saturated carbocycles. The van der Waals surface area contributed by atoms with Crippen LogP contribution in [-0.4, -0.2) is 5.97 Å². The van der Waals surface area contributed by atoms with Gasteiger partial charge in [0.1, 0.15) is 18.1 Å². The SMILES string of the molecule is CC(=O)OCc1ccc(-c2c(C)cccc2C#N)o1. The molecule has 0 aliphatic heterocycles. The number of hydrogen-bond donors (Lipinski definition) is 0. The Kier molecular flexibility index (Phi) is 3.67. The Morgan fingerprint density at radius 2 is 2.16 bits per heavy atom. The highest BCUT2D eigenvalue weighted by Gasteiger charge is 2.12. The Morgan fingerprint density at radius 3 is 2.84 bits per heavy atom. The van der Waals surface area contributed by atoms with Crippen LogP contribution in [0.5, 0.6) is 0 Å². The van der Waals surface area contributed by atoms with Gasteiger partial charge in [0, 0.05) is 12.5 Å². The molecule has 0 saturated heterocycles. The van der Waals surface area contributed by atoms with E-state index >= 15 is 0 Å². The lowest BCUT2D eigenvalue weighted by Gasteiger charge is -2.04. The highest BCUT2D eigenvalue weighted by atomic mass is 16.5. The lowest BCUT2D eigenvalue weighted by Crippen LogP contribution is -1.97. The van der Waals surface area contributed by atoms with E-state index < -0.39 is 0 Å². The monoisotopic (exact) mass is 255 g/mol. The lowest BCUT2D eigenvalue weighted by molar-refractivity contribution is -0.142. The fourth-order valence-electron chi connectivity index (χ4n) is 1.85. The van der Waals surface area contributed by atoms with E-state index in [0.717, 1.165) is 11.1 Å². The van der Waals surface area contributed by atoms with Gasteiger partial charge in [0.25, 0.3) is 0 Å². The van der Waals surface area contributed by atoms with Crippen molar-refractivity contribution in [3.8, 4) is 17.4 Å². The van der Waals surface area contributed by atoms with Crippen LogP contribution in [0.15, 0.2) is 34.7 Å². The molecule has 2 rings (SSSR count). The smallest absolute Gasteiger partial charge is 0.303 e. The molecule has 0 unspecified atom stereocenters. The van der Waals surface area contributed by atoms with Crippen molar-refractivity contribution < 1.29 is 13.9 Å². The van der Waals surface area contributed by atoms with Gasteiger partial charge in [0.05, 0.1) is 11.6 Å². The largest absolute Gasteiger partial charge is 0.458 e. The van der Waals surface area contributed by atoms with E-state index in [2.05, 4.69) is 6.07 Å². The van der Waals surface area contributed by atoms with Crippen LogP contribution in [0.1, 0.15) is 23.8 Å². The number of nitrogens with zero attached hydrogens (tertiary/aromatic N) is 1. The predicted octanol–water partition coefficient (Wildman–Crippen LogP) is 3.19. The molecule has 0 atom stereocenters. The lowest BCUT2D eigenvalue weighted by atomic mass is 10.0. The van der Waals surface area contributed by atoms with E-state index in [4.69, 9.17) is 14.4 Å². The molecule has 0 aliphatic rings. The third-order valence-electron chi connectivity index (χ3n) is 2.72. The standard InChI is InChI=1S/C15H13NO3/c1-10-4-3-5-12(8-16)15(10)14-7-6-13(19-14)9-18-11(2)17/h3-7H,9H2,1-2H3. The summed E-state index contributed by atoms with van der Waals surface area (Å²) >= 11 is 0. The summed E-state index contributed by atoms with van der Waals surface area (Å²) in [7, 11) is 0. The summed E-state index contributed by atoms with van der Waals surface area (Å²) in [5.74, 6) is 0.806. The molecule has 19 heavy (non-hydrogen) atoms. The van der Waals surface area contributed by atoms with Crippen molar-refractivity contribution in [1.29, 1.82) is 5.26 Å². The number of nitriles is 1. The summed E-state index contributed by atoms with van der Waals surface area (Å²) in [5, 5.41) is 9.13. The Morgan fingerprint density at radius 1 is 1.37 bits per heavy atom. The molecule has 0 bridgehead atoms. The minimum Gasteiger partial charge on any atom is -0.458 e. The van der Waals surface area contributed by atoms with E-state index in [1.54, 1.807) is 18.2 Å². The summed E-state index contributed by atoms with van der Waals surface area (Å²) in [6.07, 6.45) is 0. The molecule has 0 aliphatic carbocycles. The summed E-state index contributed by atoms with van der Waals surface area (Å²) in [4.78, 5) is 10.7. The van der Waals surface area contributed by atoms with Gasteiger partial charge < -0.3 is 9.15 Å². The fraction of sp³-hybridized carbons (Fsp3) is 0.200. The number of furan rings is 1. The second-order valence-electron chi connectivity index (χ2n) is 4.16. The first-order valence-corrected chi connectivity index (χ1v) is 5.84. The second-order valence-corrected chi connectivity index (χ2v) is 4.16. The first-order chi connectivity index (χ1) is 9.11. The molecule has 96 valence electrons. The third kappa shape index (κ3) is 2.83. The topological polar surface area (TPSA) is 63.2 Å². The average Bonchev–Trinajstić information content (AvgIpc) is 2.84. The number of benzene rings is 1. The number of ether oxygens (including phenoxy) is 1. The Labute approximate surface area is 111 Å². The van der Waals surface area contributed by atoms with Crippen LogP contribution in [-0.2, 0) is 16.1 Å². The van der Waals surface area contributed by atoms with Crippen LogP contribution in [0, 0.1) is 18.3 Å². The predicted molar refractivity (Wildman–Crippen MR) is 69.1 cm³/mol. The summed E-state index contributed by atoms with van der Waals surface area (Å²) in [6.45, 7) is 3.37. The Balaban J connectivity index is 2.33. The minimum atomic E-state index is -0.355. The molecular weight excluding hydrogens is 242 g/mol.